The number of nitrogens with zero attached hydrogens (tertiary/aromatic N) is 4. The van der Waals surface area contributed by atoms with Gasteiger partial charge in [-0.2, -0.15) is 0 Å². The van der Waals surface area contributed by atoms with Crippen molar-refractivity contribution in [3.8, 4) is 0 Å². The standard InChI is InChI=1S/C23H32N4O2/c1-5-10-27(15-20(28)19-14-24-9-8-18(19)17-6-7-17)21(29)11-16-12-25-22(26-13-16)23(2,3)4/h8-9,12-14,17,20,28H,5-7,10-11,15H2,1-4H3. The second-order valence-electron chi connectivity index (χ2n) is 8.98. The summed E-state index contributed by atoms with van der Waals surface area (Å²) in [4.78, 5) is 27.7. The second kappa shape index (κ2) is 8.99. The molecule has 3 rings (SSSR count). The van der Waals surface area contributed by atoms with Gasteiger partial charge in [0.1, 0.15) is 5.82 Å². The van der Waals surface area contributed by atoms with Crippen molar-refractivity contribution < 1.29 is 9.90 Å². The number of carbonyl (C=O) groups excluding carboxylic acids is 1. The molecular formula is C23H32N4O2. The number of aliphatic hydroxyl groups excluding tert-OH is 1. The molecule has 0 bridgehead atoms. The van der Waals surface area contributed by atoms with Crippen LogP contribution in [0.1, 0.15) is 81.5 Å². The van der Waals surface area contributed by atoms with Crippen molar-refractivity contribution in [1.29, 1.82) is 0 Å². The van der Waals surface area contributed by atoms with E-state index >= 15 is 0 Å². The molecular weight excluding hydrogens is 364 g/mol. The number of pyridine rings is 1. The highest BCUT2D eigenvalue weighted by Crippen LogP contribution is 2.42. The van der Waals surface area contributed by atoms with Gasteiger partial charge in [-0.15, -0.1) is 0 Å². The predicted molar refractivity (Wildman–Crippen MR) is 112 cm³/mol. The average Bonchev–Trinajstić information content (AvgIpc) is 3.52. The lowest BCUT2D eigenvalue weighted by atomic mass is 9.96. The third-order valence-electron chi connectivity index (χ3n) is 5.23. The van der Waals surface area contributed by atoms with Crippen molar-refractivity contribution in [1.82, 2.24) is 19.9 Å². The molecule has 0 spiro atoms. The van der Waals surface area contributed by atoms with E-state index in [1.807, 2.05) is 13.0 Å². The summed E-state index contributed by atoms with van der Waals surface area (Å²) in [6.45, 7) is 9.10. The summed E-state index contributed by atoms with van der Waals surface area (Å²) in [7, 11) is 0. The largest absolute Gasteiger partial charge is 0.386 e. The van der Waals surface area contributed by atoms with Gasteiger partial charge in [0.25, 0.3) is 0 Å². The van der Waals surface area contributed by atoms with Crippen molar-refractivity contribution >= 4 is 5.91 Å². The summed E-state index contributed by atoms with van der Waals surface area (Å²) in [5.74, 6) is 1.27. The van der Waals surface area contributed by atoms with E-state index in [1.165, 1.54) is 5.56 Å². The quantitative estimate of drug-likeness (QED) is 0.738. The Labute approximate surface area is 173 Å². The highest BCUT2D eigenvalue weighted by Gasteiger charge is 2.29. The van der Waals surface area contributed by atoms with E-state index in [1.54, 1.807) is 29.7 Å². The molecule has 0 aliphatic heterocycles. The molecule has 1 saturated carbocycles. The van der Waals surface area contributed by atoms with Crippen LogP contribution in [0.5, 0.6) is 0 Å². The third-order valence-corrected chi connectivity index (χ3v) is 5.23. The third kappa shape index (κ3) is 5.60. The van der Waals surface area contributed by atoms with Crippen LogP contribution in [-0.2, 0) is 16.6 Å². The zero-order valence-corrected chi connectivity index (χ0v) is 17.9. The van der Waals surface area contributed by atoms with Gasteiger partial charge in [-0.3, -0.25) is 9.78 Å². The normalized spacial score (nSPS) is 15.2. The van der Waals surface area contributed by atoms with Gasteiger partial charge in [0.05, 0.1) is 19.1 Å². The first-order valence-electron chi connectivity index (χ1n) is 10.5. The first-order chi connectivity index (χ1) is 13.8. The second-order valence-corrected chi connectivity index (χ2v) is 8.98. The monoisotopic (exact) mass is 396 g/mol. The maximum Gasteiger partial charge on any atom is 0.227 e. The van der Waals surface area contributed by atoms with E-state index in [0.29, 0.717) is 12.5 Å². The van der Waals surface area contributed by atoms with Gasteiger partial charge >= 0.3 is 0 Å². The van der Waals surface area contributed by atoms with Crippen LogP contribution in [0.4, 0.5) is 0 Å². The fourth-order valence-electron chi connectivity index (χ4n) is 3.48. The smallest absolute Gasteiger partial charge is 0.227 e. The molecule has 0 radical (unpaired) electrons. The van der Waals surface area contributed by atoms with Gasteiger partial charge in [0.2, 0.25) is 5.91 Å². The molecule has 2 heterocycles. The molecule has 1 fully saturated rings. The van der Waals surface area contributed by atoms with E-state index in [0.717, 1.165) is 36.2 Å². The van der Waals surface area contributed by atoms with Crippen molar-refractivity contribution in [2.45, 2.75) is 70.8 Å². The first kappa shape index (κ1) is 21.4. The molecule has 29 heavy (non-hydrogen) atoms. The molecule has 2 aromatic heterocycles. The van der Waals surface area contributed by atoms with Crippen molar-refractivity contribution in [2.24, 2.45) is 0 Å². The molecule has 1 aliphatic carbocycles. The number of aromatic nitrogens is 3. The lowest BCUT2D eigenvalue weighted by molar-refractivity contribution is -0.132. The molecule has 1 aliphatic rings. The zero-order valence-electron chi connectivity index (χ0n) is 17.9. The highest BCUT2D eigenvalue weighted by molar-refractivity contribution is 5.78. The molecule has 1 atom stereocenters. The minimum atomic E-state index is -0.727. The Kier molecular flexibility index (Phi) is 6.63. The lowest BCUT2D eigenvalue weighted by Crippen LogP contribution is -2.36. The fraction of sp³-hybridized carbons (Fsp3) is 0.565. The summed E-state index contributed by atoms with van der Waals surface area (Å²) in [6.07, 6.45) is 9.65. The average molecular weight is 397 g/mol. The Hall–Kier alpha value is -2.34. The van der Waals surface area contributed by atoms with E-state index in [2.05, 4.69) is 35.7 Å². The topological polar surface area (TPSA) is 79.2 Å². The van der Waals surface area contributed by atoms with Crippen LogP contribution >= 0.6 is 0 Å². The molecule has 2 aromatic rings. The molecule has 0 aromatic carbocycles. The molecule has 6 heteroatoms. The Bertz CT molecular complexity index is 826. The summed E-state index contributed by atoms with van der Waals surface area (Å²) in [5, 5.41) is 10.9. The minimum absolute atomic E-state index is 0.0186. The van der Waals surface area contributed by atoms with Crippen molar-refractivity contribution in [2.75, 3.05) is 13.1 Å². The van der Waals surface area contributed by atoms with Gasteiger partial charge in [0, 0.05) is 42.3 Å². The maximum atomic E-state index is 12.9. The SMILES string of the molecule is CCCN(CC(O)c1cnccc1C1CC1)C(=O)Cc1cnc(C(C)(C)C)nc1. The van der Waals surface area contributed by atoms with Crippen LogP contribution < -0.4 is 0 Å². The van der Waals surface area contributed by atoms with Crippen LogP contribution in [0.15, 0.2) is 30.9 Å². The fourth-order valence-corrected chi connectivity index (χ4v) is 3.48. The Morgan fingerprint density at radius 1 is 1.24 bits per heavy atom. The van der Waals surface area contributed by atoms with Crippen molar-refractivity contribution in [3.63, 3.8) is 0 Å². The number of rotatable bonds is 8. The maximum absolute atomic E-state index is 12.9. The van der Waals surface area contributed by atoms with E-state index in [-0.39, 0.29) is 24.3 Å². The molecule has 156 valence electrons. The molecule has 1 N–H and O–H groups in total. The zero-order chi connectivity index (χ0) is 21.0. The van der Waals surface area contributed by atoms with Gasteiger partial charge < -0.3 is 10.0 Å². The predicted octanol–water partition coefficient (Wildman–Crippen LogP) is 3.56. The van der Waals surface area contributed by atoms with E-state index in [4.69, 9.17) is 0 Å². The van der Waals surface area contributed by atoms with Crippen LogP contribution in [0, 0.1) is 0 Å². The van der Waals surface area contributed by atoms with Gasteiger partial charge in [-0.05, 0) is 42.4 Å². The molecule has 1 unspecified atom stereocenters. The van der Waals surface area contributed by atoms with Crippen LogP contribution in [0.2, 0.25) is 0 Å². The summed E-state index contributed by atoms with van der Waals surface area (Å²) in [6, 6.07) is 2.00. The molecule has 1 amide bonds. The van der Waals surface area contributed by atoms with E-state index in [9.17, 15) is 9.90 Å². The van der Waals surface area contributed by atoms with Crippen LogP contribution in [-0.4, -0.2) is 44.0 Å². The molecule has 0 saturated heterocycles. The summed E-state index contributed by atoms with van der Waals surface area (Å²) >= 11 is 0. The highest BCUT2D eigenvalue weighted by atomic mass is 16.3. The number of carbonyl (C=O) groups is 1. The van der Waals surface area contributed by atoms with E-state index < -0.39 is 6.10 Å². The Balaban J connectivity index is 1.68. The molecule has 6 nitrogen and oxygen atoms in total. The Morgan fingerprint density at radius 3 is 2.52 bits per heavy atom. The number of hydrogen-bond acceptors (Lipinski definition) is 5. The van der Waals surface area contributed by atoms with Crippen LogP contribution in [0.25, 0.3) is 0 Å². The lowest BCUT2D eigenvalue weighted by Gasteiger charge is -2.26. The minimum Gasteiger partial charge on any atom is -0.386 e. The first-order valence-corrected chi connectivity index (χ1v) is 10.5. The van der Waals surface area contributed by atoms with Crippen LogP contribution in [0.3, 0.4) is 0 Å². The summed E-state index contributed by atoms with van der Waals surface area (Å²) in [5.41, 5.74) is 2.69. The van der Waals surface area contributed by atoms with Crippen molar-refractivity contribution in [3.05, 3.63) is 53.4 Å². The number of amides is 1. The number of aliphatic hydroxyl groups is 1. The van der Waals surface area contributed by atoms with Gasteiger partial charge in [0.15, 0.2) is 0 Å². The summed E-state index contributed by atoms with van der Waals surface area (Å²) < 4.78 is 0. The number of hydrogen-bond donors (Lipinski definition) is 1. The Morgan fingerprint density at radius 2 is 1.93 bits per heavy atom. The van der Waals surface area contributed by atoms with Gasteiger partial charge in [-0.25, -0.2) is 9.97 Å². The van der Waals surface area contributed by atoms with Gasteiger partial charge in [-0.1, -0.05) is 27.7 Å².